The van der Waals surface area contributed by atoms with Gasteiger partial charge in [0.1, 0.15) is 6.04 Å². The van der Waals surface area contributed by atoms with Gasteiger partial charge in [-0.25, -0.2) is 4.79 Å². The summed E-state index contributed by atoms with van der Waals surface area (Å²) in [7, 11) is 0. The minimum atomic E-state index is -0.455. The van der Waals surface area contributed by atoms with Crippen LogP contribution in [0.5, 0.6) is 0 Å². The second kappa shape index (κ2) is 8.26. The smallest absolute Gasteiger partial charge is 0.409 e. The van der Waals surface area contributed by atoms with Gasteiger partial charge in [0.2, 0.25) is 11.8 Å². The van der Waals surface area contributed by atoms with Crippen LogP contribution in [0.4, 0.5) is 4.79 Å². The van der Waals surface area contributed by atoms with Crippen LogP contribution in [-0.4, -0.2) is 66.1 Å². The van der Waals surface area contributed by atoms with Gasteiger partial charge in [0.25, 0.3) is 0 Å². The molecule has 2 saturated heterocycles. The van der Waals surface area contributed by atoms with Crippen molar-refractivity contribution in [3.63, 3.8) is 0 Å². The molecule has 0 aromatic heterocycles. The molecule has 0 spiro atoms. The maximum Gasteiger partial charge on any atom is 0.409 e. The first-order chi connectivity index (χ1) is 10.6. The van der Waals surface area contributed by atoms with E-state index in [1.807, 2.05) is 0 Å². The highest BCUT2D eigenvalue weighted by atomic mass is 32.2. The van der Waals surface area contributed by atoms with E-state index in [0.717, 1.165) is 5.75 Å². The van der Waals surface area contributed by atoms with Crippen molar-refractivity contribution in [2.75, 3.05) is 31.2 Å². The molecule has 2 aliphatic heterocycles. The molecule has 0 aromatic rings. The van der Waals surface area contributed by atoms with Crippen molar-refractivity contribution < 1.29 is 19.1 Å². The lowest BCUT2D eigenvalue weighted by Gasteiger charge is -2.32. The Morgan fingerprint density at radius 1 is 1.41 bits per heavy atom. The third kappa shape index (κ3) is 4.79. The zero-order valence-corrected chi connectivity index (χ0v) is 13.6. The molecular weight excluding hydrogens is 306 g/mol. The number of carbonyl (C=O) groups is 3. The fourth-order valence-electron chi connectivity index (χ4n) is 2.54. The number of amides is 3. The molecule has 2 rings (SSSR count). The Morgan fingerprint density at radius 2 is 2.14 bits per heavy atom. The molecule has 3 amide bonds. The number of thioether (sulfide) groups is 1. The van der Waals surface area contributed by atoms with Crippen molar-refractivity contribution in [3.05, 3.63) is 0 Å². The lowest BCUT2D eigenvalue weighted by molar-refractivity contribution is -0.128. The first-order valence-corrected chi connectivity index (χ1v) is 8.84. The van der Waals surface area contributed by atoms with Crippen molar-refractivity contribution in [3.8, 4) is 0 Å². The van der Waals surface area contributed by atoms with Crippen LogP contribution < -0.4 is 10.6 Å². The second-order valence-corrected chi connectivity index (χ2v) is 6.56. The van der Waals surface area contributed by atoms with Gasteiger partial charge in [-0.3, -0.25) is 9.59 Å². The Kier molecular flexibility index (Phi) is 6.35. The summed E-state index contributed by atoms with van der Waals surface area (Å²) in [5.41, 5.74) is 0. The number of hydrogen-bond acceptors (Lipinski definition) is 5. The average Bonchev–Trinajstić information content (AvgIpc) is 2.73. The van der Waals surface area contributed by atoms with Crippen LogP contribution in [-0.2, 0) is 14.3 Å². The van der Waals surface area contributed by atoms with Crippen LogP contribution in [0, 0.1) is 0 Å². The third-order valence-corrected chi connectivity index (χ3v) is 4.84. The standard InChI is InChI=1S/C14H23N3O4S/c1-2-21-14(20)17-6-3-10(4-7-17)15-13(19)11-9-22-8-5-12(18)16-11/h10-11H,2-9H2,1H3,(H,15,19)(H,16,18)/t11-/m1/s1. The molecule has 22 heavy (non-hydrogen) atoms. The lowest BCUT2D eigenvalue weighted by atomic mass is 10.0. The molecule has 0 saturated carbocycles. The molecular formula is C14H23N3O4S. The monoisotopic (exact) mass is 329 g/mol. The van der Waals surface area contributed by atoms with E-state index in [2.05, 4.69) is 10.6 Å². The number of likely N-dealkylation sites (tertiary alicyclic amines) is 1. The maximum absolute atomic E-state index is 12.2. The van der Waals surface area contributed by atoms with Crippen molar-refractivity contribution >= 4 is 29.7 Å². The van der Waals surface area contributed by atoms with E-state index in [9.17, 15) is 14.4 Å². The van der Waals surface area contributed by atoms with Gasteiger partial charge in [-0.15, -0.1) is 0 Å². The van der Waals surface area contributed by atoms with Gasteiger partial charge in [-0.1, -0.05) is 0 Å². The van der Waals surface area contributed by atoms with Gasteiger partial charge < -0.3 is 20.3 Å². The highest BCUT2D eigenvalue weighted by molar-refractivity contribution is 7.99. The summed E-state index contributed by atoms with van der Waals surface area (Å²) in [5, 5.41) is 5.74. The number of carbonyl (C=O) groups excluding carboxylic acids is 3. The first-order valence-electron chi connectivity index (χ1n) is 7.69. The summed E-state index contributed by atoms with van der Waals surface area (Å²) in [6.45, 7) is 3.31. The molecule has 0 radical (unpaired) electrons. The van der Waals surface area contributed by atoms with E-state index in [1.54, 1.807) is 23.6 Å². The van der Waals surface area contributed by atoms with Gasteiger partial charge in [0.05, 0.1) is 6.61 Å². The normalized spacial score (nSPS) is 23.4. The van der Waals surface area contributed by atoms with Crippen molar-refractivity contribution in [2.45, 2.75) is 38.3 Å². The van der Waals surface area contributed by atoms with Crippen molar-refractivity contribution in [2.24, 2.45) is 0 Å². The number of nitrogens with zero attached hydrogens (tertiary/aromatic N) is 1. The molecule has 8 heteroatoms. The third-order valence-electron chi connectivity index (χ3n) is 3.78. The van der Waals surface area contributed by atoms with Crippen molar-refractivity contribution in [1.82, 2.24) is 15.5 Å². The number of nitrogens with one attached hydrogen (secondary N) is 2. The van der Waals surface area contributed by atoms with Crippen LogP contribution in [0.1, 0.15) is 26.2 Å². The van der Waals surface area contributed by atoms with Gasteiger partial charge in [-0.2, -0.15) is 11.8 Å². The Bertz CT molecular complexity index is 424. The largest absolute Gasteiger partial charge is 0.450 e. The summed E-state index contributed by atoms with van der Waals surface area (Å²) in [4.78, 5) is 37.0. The van der Waals surface area contributed by atoms with E-state index in [-0.39, 0.29) is 23.9 Å². The van der Waals surface area contributed by atoms with Crippen LogP contribution in [0.2, 0.25) is 0 Å². The molecule has 0 aromatic carbocycles. The van der Waals surface area contributed by atoms with Gasteiger partial charge in [-0.05, 0) is 19.8 Å². The van der Waals surface area contributed by atoms with E-state index < -0.39 is 6.04 Å². The zero-order chi connectivity index (χ0) is 15.9. The Morgan fingerprint density at radius 3 is 2.82 bits per heavy atom. The molecule has 1 atom stereocenters. The number of ether oxygens (including phenoxy) is 1. The predicted octanol–water partition coefficient (Wildman–Crippen LogP) is 0.345. The number of rotatable bonds is 3. The predicted molar refractivity (Wildman–Crippen MR) is 83.6 cm³/mol. The minimum absolute atomic E-state index is 0.0448. The average molecular weight is 329 g/mol. The lowest BCUT2D eigenvalue weighted by Crippen LogP contribution is -2.53. The molecule has 2 fully saturated rings. The molecule has 7 nitrogen and oxygen atoms in total. The van der Waals surface area contributed by atoms with E-state index in [0.29, 0.717) is 44.7 Å². The van der Waals surface area contributed by atoms with Crippen LogP contribution in [0.25, 0.3) is 0 Å². The molecule has 0 aliphatic carbocycles. The SMILES string of the molecule is CCOC(=O)N1CCC(NC(=O)[C@H]2CSCCC(=O)N2)CC1. The van der Waals surface area contributed by atoms with Crippen LogP contribution in [0.15, 0.2) is 0 Å². The molecule has 2 N–H and O–H groups in total. The quantitative estimate of drug-likeness (QED) is 0.780. The fourth-order valence-corrected chi connectivity index (χ4v) is 3.51. The molecule has 2 heterocycles. The van der Waals surface area contributed by atoms with Gasteiger partial charge in [0, 0.05) is 37.1 Å². The summed E-state index contributed by atoms with van der Waals surface area (Å²) in [6, 6.07) is -0.411. The van der Waals surface area contributed by atoms with E-state index in [4.69, 9.17) is 4.74 Å². The van der Waals surface area contributed by atoms with Crippen molar-refractivity contribution in [1.29, 1.82) is 0 Å². The van der Waals surface area contributed by atoms with Gasteiger partial charge >= 0.3 is 6.09 Å². The zero-order valence-electron chi connectivity index (χ0n) is 12.8. The second-order valence-electron chi connectivity index (χ2n) is 5.41. The Balaban J connectivity index is 1.76. The fraction of sp³-hybridized carbons (Fsp3) is 0.786. The highest BCUT2D eigenvalue weighted by Gasteiger charge is 2.28. The van der Waals surface area contributed by atoms with Crippen LogP contribution in [0.3, 0.4) is 0 Å². The maximum atomic E-state index is 12.2. The molecule has 0 unspecified atom stereocenters. The molecule has 2 aliphatic rings. The topological polar surface area (TPSA) is 87.7 Å². The Hall–Kier alpha value is -1.44. The summed E-state index contributed by atoms with van der Waals surface area (Å²) >= 11 is 1.61. The summed E-state index contributed by atoms with van der Waals surface area (Å²) in [6.07, 6.45) is 1.59. The Labute approximate surface area is 134 Å². The first kappa shape index (κ1) is 16.9. The van der Waals surface area contributed by atoms with E-state index >= 15 is 0 Å². The van der Waals surface area contributed by atoms with Gasteiger partial charge in [0.15, 0.2) is 0 Å². The molecule has 0 bridgehead atoms. The molecule has 124 valence electrons. The number of hydrogen-bond donors (Lipinski definition) is 2. The minimum Gasteiger partial charge on any atom is -0.450 e. The highest BCUT2D eigenvalue weighted by Crippen LogP contribution is 2.13. The van der Waals surface area contributed by atoms with Crippen LogP contribution >= 0.6 is 11.8 Å². The summed E-state index contributed by atoms with van der Waals surface area (Å²) < 4.78 is 4.97. The van der Waals surface area contributed by atoms with E-state index in [1.165, 1.54) is 0 Å². The number of piperidine rings is 1. The summed E-state index contributed by atoms with van der Waals surface area (Å²) in [5.74, 6) is 1.17.